The predicted molar refractivity (Wildman–Crippen MR) is 81.3 cm³/mol. The number of anilines is 1. The van der Waals surface area contributed by atoms with Crippen molar-refractivity contribution in [2.75, 3.05) is 11.9 Å². The Morgan fingerprint density at radius 3 is 2.60 bits per heavy atom. The second kappa shape index (κ2) is 6.11. The average Bonchev–Trinajstić information content (AvgIpc) is 2.45. The zero-order valence-electron chi connectivity index (χ0n) is 12.5. The van der Waals surface area contributed by atoms with Crippen LogP contribution in [0.2, 0.25) is 0 Å². The minimum Gasteiger partial charge on any atom is -0.409 e. The minimum absolute atomic E-state index is 0.127. The number of pyridine rings is 1. The van der Waals surface area contributed by atoms with E-state index in [9.17, 15) is 0 Å². The SMILES string of the molecule is Cc1cc(/C(N)=N/O)cc(N(C)C2CCC(C)CC2)n1. The summed E-state index contributed by atoms with van der Waals surface area (Å²) in [5.74, 6) is 1.85. The van der Waals surface area contributed by atoms with E-state index in [1.807, 2.05) is 19.1 Å². The molecule has 110 valence electrons. The molecule has 1 aromatic heterocycles. The number of oxime groups is 1. The van der Waals surface area contributed by atoms with Gasteiger partial charge in [0.25, 0.3) is 0 Å². The molecule has 1 aliphatic carbocycles. The zero-order valence-corrected chi connectivity index (χ0v) is 12.5. The van der Waals surface area contributed by atoms with E-state index < -0.39 is 0 Å². The second-order valence-corrected chi connectivity index (χ2v) is 5.87. The van der Waals surface area contributed by atoms with Crippen molar-refractivity contribution >= 4 is 11.7 Å². The van der Waals surface area contributed by atoms with Gasteiger partial charge in [-0.05, 0) is 50.7 Å². The topological polar surface area (TPSA) is 74.7 Å². The van der Waals surface area contributed by atoms with Gasteiger partial charge >= 0.3 is 0 Å². The number of nitrogens with two attached hydrogens (primary N) is 1. The van der Waals surface area contributed by atoms with Crippen molar-refractivity contribution in [3.63, 3.8) is 0 Å². The van der Waals surface area contributed by atoms with Crippen LogP contribution in [0.1, 0.15) is 43.9 Å². The Morgan fingerprint density at radius 2 is 2.00 bits per heavy atom. The molecule has 0 aromatic carbocycles. The summed E-state index contributed by atoms with van der Waals surface area (Å²) in [5, 5.41) is 11.9. The monoisotopic (exact) mass is 276 g/mol. The van der Waals surface area contributed by atoms with Gasteiger partial charge in [0.15, 0.2) is 5.84 Å². The number of hydrogen-bond acceptors (Lipinski definition) is 4. The van der Waals surface area contributed by atoms with Crippen LogP contribution in [0.3, 0.4) is 0 Å². The van der Waals surface area contributed by atoms with Crippen molar-refractivity contribution < 1.29 is 5.21 Å². The summed E-state index contributed by atoms with van der Waals surface area (Å²) in [6, 6.07) is 4.25. The molecule has 0 spiro atoms. The van der Waals surface area contributed by atoms with Crippen LogP contribution in [0.4, 0.5) is 5.82 Å². The van der Waals surface area contributed by atoms with Gasteiger partial charge in [-0.1, -0.05) is 12.1 Å². The predicted octanol–water partition coefficient (Wildman–Crippen LogP) is 2.50. The highest BCUT2D eigenvalue weighted by atomic mass is 16.4. The third-order valence-electron chi connectivity index (χ3n) is 4.24. The molecular formula is C15H24N4O. The van der Waals surface area contributed by atoms with Crippen molar-refractivity contribution in [1.82, 2.24) is 4.98 Å². The van der Waals surface area contributed by atoms with Crippen LogP contribution in [-0.2, 0) is 0 Å². The van der Waals surface area contributed by atoms with Gasteiger partial charge in [-0.2, -0.15) is 0 Å². The summed E-state index contributed by atoms with van der Waals surface area (Å²) < 4.78 is 0. The number of nitrogens with zero attached hydrogens (tertiary/aromatic N) is 3. The number of aryl methyl sites for hydroxylation is 1. The summed E-state index contributed by atoms with van der Waals surface area (Å²) in [5.41, 5.74) is 7.27. The lowest BCUT2D eigenvalue weighted by Gasteiger charge is -2.34. The summed E-state index contributed by atoms with van der Waals surface area (Å²) in [6.45, 7) is 4.24. The fraction of sp³-hybridized carbons (Fsp3) is 0.600. The molecule has 1 fully saturated rings. The van der Waals surface area contributed by atoms with E-state index in [0.29, 0.717) is 11.6 Å². The zero-order chi connectivity index (χ0) is 14.7. The van der Waals surface area contributed by atoms with E-state index in [2.05, 4.69) is 29.0 Å². The first kappa shape index (κ1) is 14.6. The van der Waals surface area contributed by atoms with Crippen LogP contribution in [-0.4, -0.2) is 29.1 Å². The maximum atomic E-state index is 8.82. The molecule has 0 bridgehead atoms. The highest BCUT2D eigenvalue weighted by Gasteiger charge is 2.23. The van der Waals surface area contributed by atoms with Gasteiger partial charge in [0.1, 0.15) is 5.82 Å². The smallest absolute Gasteiger partial charge is 0.170 e. The summed E-state index contributed by atoms with van der Waals surface area (Å²) >= 11 is 0. The number of rotatable bonds is 3. The van der Waals surface area contributed by atoms with Crippen LogP contribution < -0.4 is 10.6 Å². The quantitative estimate of drug-likeness (QED) is 0.385. The first-order valence-electron chi connectivity index (χ1n) is 7.20. The Hall–Kier alpha value is -1.78. The number of hydrogen-bond donors (Lipinski definition) is 2. The van der Waals surface area contributed by atoms with Crippen molar-refractivity contribution in [3.8, 4) is 0 Å². The Morgan fingerprint density at radius 1 is 1.35 bits per heavy atom. The molecule has 0 radical (unpaired) electrons. The van der Waals surface area contributed by atoms with Gasteiger partial charge in [0.2, 0.25) is 0 Å². The standard InChI is InChI=1S/C15H24N4O/c1-10-4-6-13(7-5-10)19(3)14-9-12(15(16)18-20)8-11(2)17-14/h8-10,13,20H,4-7H2,1-3H3,(H2,16,18). The Bertz CT molecular complexity index is 493. The fourth-order valence-corrected chi connectivity index (χ4v) is 2.85. The molecule has 2 rings (SSSR count). The average molecular weight is 276 g/mol. The molecule has 5 nitrogen and oxygen atoms in total. The Balaban J connectivity index is 2.21. The lowest BCUT2D eigenvalue weighted by atomic mass is 9.87. The first-order chi connectivity index (χ1) is 9.51. The van der Waals surface area contributed by atoms with Crippen molar-refractivity contribution in [3.05, 3.63) is 23.4 Å². The molecule has 3 N–H and O–H groups in total. The van der Waals surface area contributed by atoms with E-state index in [1.165, 1.54) is 25.7 Å². The van der Waals surface area contributed by atoms with Gasteiger partial charge in [-0.3, -0.25) is 0 Å². The normalized spacial score (nSPS) is 23.6. The maximum absolute atomic E-state index is 8.82. The third kappa shape index (κ3) is 3.21. The van der Waals surface area contributed by atoms with Crippen LogP contribution in [0.5, 0.6) is 0 Å². The van der Waals surface area contributed by atoms with Crippen molar-refractivity contribution in [2.24, 2.45) is 16.8 Å². The molecule has 5 heteroatoms. The largest absolute Gasteiger partial charge is 0.409 e. The van der Waals surface area contributed by atoms with Crippen LogP contribution in [0.15, 0.2) is 17.3 Å². The van der Waals surface area contributed by atoms with E-state index in [-0.39, 0.29) is 5.84 Å². The lowest BCUT2D eigenvalue weighted by Crippen LogP contribution is -2.35. The molecule has 1 aromatic rings. The fourth-order valence-electron chi connectivity index (χ4n) is 2.85. The molecule has 0 amide bonds. The summed E-state index contributed by atoms with van der Waals surface area (Å²) in [4.78, 5) is 6.81. The van der Waals surface area contributed by atoms with Gasteiger partial charge in [0, 0.05) is 24.3 Å². The maximum Gasteiger partial charge on any atom is 0.170 e. The Kier molecular flexibility index (Phi) is 4.47. The van der Waals surface area contributed by atoms with E-state index >= 15 is 0 Å². The molecule has 20 heavy (non-hydrogen) atoms. The molecule has 0 aliphatic heterocycles. The van der Waals surface area contributed by atoms with Crippen LogP contribution >= 0.6 is 0 Å². The van der Waals surface area contributed by atoms with E-state index in [4.69, 9.17) is 10.9 Å². The second-order valence-electron chi connectivity index (χ2n) is 5.87. The van der Waals surface area contributed by atoms with Gasteiger partial charge in [-0.15, -0.1) is 0 Å². The lowest BCUT2D eigenvalue weighted by molar-refractivity contribution is 0.318. The van der Waals surface area contributed by atoms with Crippen molar-refractivity contribution in [2.45, 2.75) is 45.6 Å². The van der Waals surface area contributed by atoms with Crippen molar-refractivity contribution in [1.29, 1.82) is 0 Å². The van der Waals surface area contributed by atoms with Gasteiger partial charge in [0.05, 0.1) is 0 Å². The molecule has 1 aliphatic rings. The Labute approximate surface area is 120 Å². The van der Waals surface area contributed by atoms with Crippen LogP contribution in [0, 0.1) is 12.8 Å². The van der Waals surface area contributed by atoms with E-state index in [1.54, 1.807) is 0 Å². The number of amidine groups is 1. The summed E-state index contributed by atoms with van der Waals surface area (Å²) in [7, 11) is 2.08. The molecular weight excluding hydrogens is 252 g/mol. The molecule has 0 saturated heterocycles. The van der Waals surface area contributed by atoms with E-state index in [0.717, 1.165) is 17.4 Å². The highest BCUT2D eigenvalue weighted by molar-refractivity contribution is 5.97. The van der Waals surface area contributed by atoms with Gasteiger partial charge in [-0.25, -0.2) is 4.98 Å². The molecule has 0 atom stereocenters. The first-order valence-corrected chi connectivity index (χ1v) is 7.20. The summed E-state index contributed by atoms with van der Waals surface area (Å²) in [6.07, 6.45) is 4.94. The molecule has 0 unspecified atom stereocenters. The number of aromatic nitrogens is 1. The molecule has 1 saturated carbocycles. The highest BCUT2D eigenvalue weighted by Crippen LogP contribution is 2.29. The third-order valence-corrected chi connectivity index (χ3v) is 4.24. The minimum atomic E-state index is 0.127. The van der Waals surface area contributed by atoms with Gasteiger partial charge < -0.3 is 15.8 Å². The molecule has 1 heterocycles. The van der Waals surface area contributed by atoms with Crippen LogP contribution in [0.25, 0.3) is 0 Å².